The van der Waals surface area contributed by atoms with E-state index in [1.165, 1.54) is 24.0 Å². The van der Waals surface area contributed by atoms with Crippen molar-refractivity contribution in [1.29, 1.82) is 0 Å². The average Bonchev–Trinajstić information content (AvgIpc) is 2.29. The van der Waals surface area contributed by atoms with E-state index in [4.69, 9.17) is 0 Å². The average molecular weight is 205 g/mol. The Labute approximate surface area is 91.3 Å². The van der Waals surface area contributed by atoms with E-state index in [0.717, 1.165) is 12.8 Å². The number of fused-ring (bicyclic) bond motifs is 1. The van der Waals surface area contributed by atoms with Crippen LogP contribution in [0.2, 0.25) is 0 Å². The predicted molar refractivity (Wildman–Crippen MR) is 61.6 cm³/mol. The molecule has 0 amide bonds. The molecule has 1 aromatic rings. The zero-order valence-electron chi connectivity index (χ0n) is 9.24. The molecular weight excluding hydrogens is 186 g/mol. The van der Waals surface area contributed by atoms with Crippen molar-refractivity contribution >= 4 is 0 Å². The highest BCUT2D eigenvalue weighted by molar-refractivity contribution is 5.32. The van der Waals surface area contributed by atoms with Crippen LogP contribution in [0.25, 0.3) is 0 Å². The number of rotatable bonds is 3. The summed E-state index contributed by atoms with van der Waals surface area (Å²) in [4.78, 5) is 0. The van der Waals surface area contributed by atoms with E-state index in [1.54, 1.807) is 0 Å². The van der Waals surface area contributed by atoms with Gasteiger partial charge in [-0.05, 0) is 36.8 Å². The Hall–Kier alpha value is -0.860. The Morgan fingerprint density at radius 3 is 3.07 bits per heavy atom. The fourth-order valence-electron chi connectivity index (χ4n) is 2.28. The van der Waals surface area contributed by atoms with Gasteiger partial charge in [0.05, 0.1) is 0 Å². The van der Waals surface area contributed by atoms with Gasteiger partial charge < -0.3 is 5.11 Å². The summed E-state index contributed by atoms with van der Waals surface area (Å²) in [6, 6.07) is 8.88. The van der Waals surface area contributed by atoms with E-state index < -0.39 is 0 Å². The number of hydrogen-bond donors (Lipinski definition) is 2. The third-order valence-electron chi connectivity index (χ3n) is 3.15. The summed E-state index contributed by atoms with van der Waals surface area (Å²) < 4.78 is 0. The van der Waals surface area contributed by atoms with Crippen molar-refractivity contribution in [2.75, 3.05) is 0 Å². The minimum Gasteiger partial charge on any atom is -0.379 e. The smallest absolute Gasteiger partial charge is 0.105 e. The molecule has 0 spiro atoms. The van der Waals surface area contributed by atoms with Gasteiger partial charge in [-0.2, -0.15) is 0 Å². The lowest BCUT2D eigenvalue weighted by Crippen LogP contribution is -2.34. The molecule has 0 bridgehead atoms. The van der Waals surface area contributed by atoms with Gasteiger partial charge in [0.15, 0.2) is 0 Å². The molecule has 0 saturated carbocycles. The number of hydrogen-bond acceptors (Lipinski definition) is 2. The first-order valence-corrected chi connectivity index (χ1v) is 5.83. The Kier molecular flexibility index (Phi) is 3.39. The molecule has 2 rings (SSSR count). The van der Waals surface area contributed by atoms with E-state index in [0.29, 0.717) is 6.04 Å². The molecule has 1 aliphatic carbocycles. The van der Waals surface area contributed by atoms with Crippen molar-refractivity contribution in [1.82, 2.24) is 5.32 Å². The molecule has 82 valence electrons. The standard InChI is InChI=1S/C13H19NO/c1-2-13(15)14-12-9-5-7-10-6-3-4-8-11(10)12/h3-4,6,8,12-15H,2,5,7,9H2,1H3. The molecule has 0 radical (unpaired) electrons. The van der Waals surface area contributed by atoms with Crippen LogP contribution < -0.4 is 5.32 Å². The van der Waals surface area contributed by atoms with Crippen LogP contribution in [0.15, 0.2) is 24.3 Å². The third-order valence-corrected chi connectivity index (χ3v) is 3.15. The van der Waals surface area contributed by atoms with Crippen molar-refractivity contribution < 1.29 is 5.11 Å². The lowest BCUT2D eigenvalue weighted by molar-refractivity contribution is 0.114. The Bertz CT molecular complexity index is 324. The normalized spacial score (nSPS) is 22.1. The minimum absolute atomic E-state index is 0.338. The molecule has 2 nitrogen and oxygen atoms in total. The highest BCUT2D eigenvalue weighted by Crippen LogP contribution is 2.29. The van der Waals surface area contributed by atoms with Gasteiger partial charge in [0, 0.05) is 6.04 Å². The molecule has 2 unspecified atom stereocenters. The van der Waals surface area contributed by atoms with Crippen LogP contribution in [0.5, 0.6) is 0 Å². The summed E-state index contributed by atoms with van der Waals surface area (Å²) in [7, 11) is 0. The lowest BCUT2D eigenvalue weighted by atomic mass is 9.87. The monoisotopic (exact) mass is 205 g/mol. The molecule has 2 heteroatoms. The van der Waals surface area contributed by atoms with E-state index in [1.807, 2.05) is 6.92 Å². The maximum Gasteiger partial charge on any atom is 0.105 e. The topological polar surface area (TPSA) is 32.3 Å². The quantitative estimate of drug-likeness (QED) is 0.743. The number of aliphatic hydroxyl groups is 1. The maximum atomic E-state index is 9.62. The van der Waals surface area contributed by atoms with Crippen molar-refractivity contribution in [3.8, 4) is 0 Å². The van der Waals surface area contributed by atoms with Gasteiger partial charge in [0.25, 0.3) is 0 Å². The van der Waals surface area contributed by atoms with Gasteiger partial charge in [-0.25, -0.2) is 0 Å². The van der Waals surface area contributed by atoms with Gasteiger partial charge in [-0.3, -0.25) is 5.32 Å². The van der Waals surface area contributed by atoms with Gasteiger partial charge in [-0.1, -0.05) is 31.2 Å². The first-order chi connectivity index (χ1) is 7.31. The van der Waals surface area contributed by atoms with E-state index >= 15 is 0 Å². The number of aliphatic hydroxyl groups excluding tert-OH is 1. The van der Waals surface area contributed by atoms with Crippen LogP contribution in [-0.2, 0) is 6.42 Å². The Balaban J connectivity index is 2.15. The van der Waals surface area contributed by atoms with E-state index in [-0.39, 0.29) is 6.23 Å². The fraction of sp³-hybridized carbons (Fsp3) is 0.538. The maximum absolute atomic E-state index is 9.62. The summed E-state index contributed by atoms with van der Waals surface area (Å²) in [5, 5.41) is 12.9. The third kappa shape index (κ3) is 2.39. The first-order valence-electron chi connectivity index (χ1n) is 5.83. The Morgan fingerprint density at radius 1 is 1.47 bits per heavy atom. The molecule has 2 N–H and O–H groups in total. The number of aryl methyl sites for hydroxylation is 1. The van der Waals surface area contributed by atoms with Crippen molar-refractivity contribution in [2.24, 2.45) is 0 Å². The molecule has 1 aliphatic rings. The molecule has 0 saturated heterocycles. The molecule has 0 heterocycles. The molecule has 1 aromatic carbocycles. The molecule has 0 aliphatic heterocycles. The van der Waals surface area contributed by atoms with Crippen molar-refractivity contribution in [2.45, 2.75) is 44.9 Å². The molecule has 15 heavy (non-hydrogen) atoms. The SMILES string of the molecule is CCC(O)NC1CCCc2ccccc21. The van der Waals surface area contributed by atoms with Crippen LogP contribution >= 0.6 is 0 Å². The van der Waals surface area contributed by atoms with Crippen LogP contribution in [0.1, 0.15) is 43.4 Å². The second-order valence-corrected chi connectivity index (χ2v) is 4.23. The summed E-state index contributed by atoms with van der Waals surface area (Å²) in [5.41, 5.74) is 2.81. The molecule has 0 fully saturated rings. The molecular formula is C13H19NO. The van der Waals surface area contributed by atoms with E-state index in [2.05, 4.69) is 29.6 Å². The highest BCUT2D eigenvalue weighted by Gasteiger charge is 2.20. The van der Waals surface area contributed by atoms with Crippen molar-refractivity contribution in [3.63, 3.8) is 0 Å². The highest BCUT2D eigenvalue weighted by atomic mass is 16.3. The molecule has 2 atom stereocenters. The largest absolute Gasteiger partial charge is 0.379 e. The number of benzene rings is 1. The summed E-state index contributed by atoms with van der Waals surface area (Å²) in [6.07, 6.45) is 3.91. The fourth-order valence-corrected chi connectivity index (χ4v) is 2.28. The van der Waals surface area contributed by atoms with Gasteiger partial charge >= 0.3 is 0 Å². The second kappa shape index (κ2) is 4.77. The predicted octanol–water partition coefficient (Wildman–Crippen LogP) is 2.38. The van der Waals surface area contributed by atoms with E-state index in [9.17, 15) is 5.11 Å². The lowest BCUT2D eigenvalue weighted by Gasteiger charge is -2.28. The zero-order chi connectivity index (χ0) is 10.7. The summed E-state index contributed by atoms with van der Waals surface area (Å²) in [5.74, 6) is 0. The van der Waals surface area contributed by atoms with Gasteiger partial charge in [-0.15, -0.1) is 0 Å². The van der Waals surface area contributed by atoms with Gasteiger partial charge in [0.2, 0.25) is 0 Å². The van der Waals surface area contributed by atoms with Crippen LogP contribution in [0, 0.1) is 0 Å². The zero-order valence-corrected chi connectivity index (χ0v) is 9.24. The van der Waals surface area contributed by atoms with Gasteiger partial charge in [0.1, 0.15) is 6.23 Å². The van der Waals surface area contributed by atoms with Crippen molar-refractivity contribution in [3.05, 3.63) is 35.4 Å². The summed E-state index contributed by atoms with van der Waals surface area (Å²) >= 11 is 0. The number of nitrogens with one attached hydrogen (secondary N) is 1. The van der Waals surface area contributed by atoms with Crippen LogP contribution in [0.3, 0.4) is 0 Å². The Morgan fingerprint density at radius 2 is 2.27 bits per heavy atom. The molecule has 0 aromatic heterocycles. The second-order valence-electron chi connectivity index (χ2n) is 4.23. The summed E-state index contributed by atoms with van der Waals surface area (Å²) in [6.45, 7) is 1.99. The minimum atomic E-state index is -0.374. The first kappa shape index (κ1) is 10.7. The van der Waals surface area contributed by atoms with Crippen LogP contribution in [0.4, 0.5) is 0 Å². The van der Waals surface area contributed by atoms with Crippen LogP contribution in [-0.4, -0.2) is 11.3 Å².